The summed E-state index contributed by atoms with van der Waals surface area (Å²) in [4.78, 5) is 23.8. The van der Waals surface area contributed by atoms with Crippen LogP contribution in [0.2, 0.25) is 0 Å². The number of nitro benzene ring substituents is 1. The van der Waals surface area contributed by atoms with Gasteiger partial charge in [-0.2, -0.15) is 0 Å². The second-order valence-electron chi connectivity index (χ2n) is 8.38. The van der Waals surface area contributed by atoms with Crippen molar-refractivity contribution in [3.05, 3.63) is 33.9 Å². The number of carbonyl (C=O) groups is 1. The zero-order chi connectivity index (χ0) is 18.5. The highest BCUT2D eigenvalue weighted by molar-refractivity contribution is 7.80. The molecule has 0 atom stereocenters. The Balaban J connectivity index is 1.46. The van der Waals surface area contributed by atoms with Crippen molar-refractivity contribution in [1.82, 2.24) is 5.32 Å². The number of nitrogens with zero attached hydrogens (tertiary/aromatic N) is 1. The Labute approximate surface area is 157 Å². The van der Waals surface area contributed by atoms with E-state index < -0.39 is 4.92 Å². The topological polar surface area (TPSA) is 84.3 Å². The van der Waals surface area contributed by atoms with Gasteiger partial charge in [0, 0.05) is 6.07 Å². The first-order valence-electron chi connectivity index (χ1n) is 9.22. The van der Waals surface area contributed by atoms with Crippen molar-refractivity contribution >= 4 is 34.6 Å². The van der Waals surface area contributed by atoms with Crippen molar-refractivity contribution in [3.63, 3.8) is 0 Å². The molecule has 1 amide bonds. The molecule has 0 aromatic heterocycles. The third-order valence-corrected chi connectivity index (χ3v) is 6.55. The first-order chi connectivity index (χ1) is 12.3. The van der Waals surface area contributed by atoms with Gasteiger partial charge in [-0.25, -0.2) is 0 Å². The van der Waals surface area contributed by atoms with E-state index in [9.17, 15) is 14.9 Å². The van der Waals surface area contributed by atoms with Crippen molar-refractivity contribution in [2.75, 3.05) is 5.32 Å². The minimum atomic E-state index is -0.446. The van der Waals surface area contributed by atoms with Crippen LogP contribution in [-0.4, -0.2) is 15.9 Å². The number of anilines is 1. The number of benzene rings is 1. The molecule has 4 bridgehead atoms. The summed E-state index contributed by atoms with van der Waals surface area (Å²) in [5, 5.41) is 17.0. The van der Waals surface area contributed by atoms with Crippen LogP contribution in [-0.2, 0) is 4.79 Å². The van der Waals surface area contributed by atoms with Crippen LogP contribution in [0, 0.1) is 40.2 Å². The van der Waals surface area contributed by atoms with Gasteiger partial charge in [0.1, 0.15) is 5.69 Å². The molecule has 2 N–H and O–H groups in total. The molecule has 0 aliphatic heterocycles. The predicted molar refractivity (Wildman–Crippen MR) is 103 cm³/mol. The normalized spacial score (nSPS) is 31.5. The van der Waals surface area contributed by atoms with Gasteiger partial charge < -0.3 is 10.6 Å². The van der Waals surface area contributed by atoms with Crippen molar-refractivity contribution in [3.8, 4) is 0 Å². The van der Waals surface area contributed by atoms with Gasteiger partial charge in [-0.3, -0.25) is 14.9 Å². The quantitative estimate of drug-likeness (QED) is 0.476. The number of nitro groups is 1. The fourth-order valence-corrected chi connectivity index (χ4v) is 5.88. The third-order valence-electron chi connectivity index (χ3n) is 6.35. The van der Waals surface area contributed by atoms with Gasteiger partial charge in [-0.15, -0.1) is 0 Å². The lowest BCUT2D eigenvalue weighted by Gasteiger charge is -2.55. The standard InChI is InChI=1S/C19H23N3O3S/c1-11-2-3-15(16(4-11)22(24)25)20-18(26)21-17(23)19-8-12-5-13(9-19)7-14(6-12)10-19/h2-4,12-14H,5-10H2,1H3,(H2,20,21,23,26). The van der Waals surface area contributed by atoms with Crippen LogP contribution >= 0.6 is 12.2 Å². The highest BCUT2D eigenvalue weighted by Gasteiger charge is 2.54. The zero-order valence-electron chi connectivity index (χ0n) is 14.8. The molecular formula is C19H23N3O3S. The van der Waals surface area contributed by atoms with Gasteiger partial charge in [-0.1, -0.05) is 6.07 Å². The summed E-state index contributed by atoms with van der Waals surface area (Å²) in [5.74, 6) is 2.01. The smallest absolute Gasteiger partial charge is 0.292 e. The fraction of sp³-hybridized carbons (Fsp3) is 0.579. The first kappa shape index (κ1) is 17.4. The van der Waals surface area contributed by atoms with E-state index in [0.29, 0.717) is 23.4 Å². The lowest BCUT2D eigenvalue weighted by Crippen LogP contribution is -2.55. The Morgan fingerprint density at radius 3 is 2.31 bits per heavy atom. The van der Waals surface area contributed by atoms with Crippen LogP contribution in [0.3, 0.4) is 0 Å². The minimum absolute atomic E-state index is 0.0103. The van der Waals surface area contributed by atoms with Crippen molar-refractivity contribution < 1.29 is 9.72 Å². The lowest BCUT2D eigenvalue weighted by atomic mass is 9.49. The summed E-state index contributed by atoms with van der Waals surface area (Å²) in [6.45, 7) is 1.80. The van der Waals surface area contributed by atoms with E-state index in [0.717, 1.165) is 24.8 Å². The van der Waals surface area contributed by atoms with Crippen LogP contribution in [0.25, 0.3) is 0 Å². The molecule has 0 unspecified atom stereocenters. The molecule has 0 saturated heterocycles. The average molecular weight is 373 g/mol. The molecule has 4 aliphatic rings. The summed E-state index contributed by atoms with van der Waals surface area (Å²) in [6, 6.07) is 4.89. The molecule has 4 saturated carbocycles. The zero-order valence-corrected chi connectivity index (χ0v) is 15.6. The van der Waals surface area contributed by atoms with E-state index >= 15 is 0 Å². The van der Waals surface area contributed by atoms with Gasteiger partial charge in [0.2, 0.25) is 5.91 Å². The Bertz CT molecular complexity index is 757. The second-order valence-corrected chi connectivity index (χ2v) is 8.79. The number of thiocarbonyl (C=S) groups is 1. The first-order valence-corrected chi connectivity index (χ1v) is 9.63. The van der Waals surface area contributed by atoms with E-state index in [-0.39, 0.29) is 22.1 Å². The van der Waals surface area contributed by atoms with Crippen molar-refractivity contribution in [2.24, 2.45) is 23.2 Å². The molecule has 1 aromatic rings. The number of hydrogen-bond donors (Lipinski definition) is 2. The third kappa shape index (κ3) is 3.09. The molecule has 0 heterocycles. The Morgan fingerprint density at radius 2 is 1.77 bits per heavy atom. The van der Waals surface area contributed by atoms with Crippen LogP contribution in [0.4, 0.5) is 11.4 Å². The molecule has 4 aliphatic carbocycles. The Kier molecular flexibility index (Phi) is 4.22. The van der Waals surface area contributed by atoms with E-state index in [1.54, 1.807) is 19.1 Å². The molecule has 5 rings (SSSR count). The van der Waals surface area contributed by atoms with E-state index in [1.807, 2.05) is 0 Å². The Hall–Kier alpha value is -2.02. The van der Waals surface area contributed by atoms with Gasteiger partial charge >= 0.3 is 0 Å². The maximum Gasteiger partial charge on any atom is 0.292 e. The van der Waals surface area contributed by atoms with Crippen LogP contribution in [0.15, 0.2) is 18.2 Å². The van der Waals surface area contributed by atoms with Gasteiger partial charge in [0.15, 0.2) is 5.11 Å². The van der Waals surface area contributed by atoms with Crippen molar-refractivity contribution in [1.29, 1.82) is 0 Å². The summed E-state index contributed by atoms with van der Waals surface area (Å²) in [5.41, 5.74) is 0.762. The average Bonchev–Trinajstić information content (AvgIpc) is 2.55. The predicted octanol–water partition coefficient (Wildman–Crippen LogP) is 3.93. The van der Waals surface area contributed by atoms with E-state index in [2.05, 4.69) is 10.6 Å². The number of nitrogens with one attached hydrogen (secondary N) is 2. The summed E-state index contributed by atoms with van der Waals surface area (Å²) in [6.07, 6.45) is 6.68. The highest BCUT2D eigenvalue weighted by Crippen LogP contribution is 2.60. The number of hydrogen-bond acceptors (Lipinski definition) is 4. The molecular weight excluding hydrogens is 350 g/mol. The molecule has 26 heavy (non-hydrogen) atoms. The number of carbonyl (C=O) groups excluding carboxylic acids is 1. The molecule has 1 aromatic carbocycles. The van der Waals surface area contributed by atoms with Crippen LogP contribution < -0.4 is 10.6 Å². The van der Waals surface area contributed by atoms with E-state index in [1.165, 1.54) is 25.3 Å². The maximum atomic E-state index is 13.0. The summed E-state index contributed by atoms with van der Waals surface area (Å²) < 4.78 is 0. The molecule has 6 nitrogen and oxygen atoms in total. The van der Waals surface area contributed by atoms with Gasteiger partial charge in [0.25, 0.3) is 5.69 Å². The number of amides is 1. The summed E-state index contributed by atoms with van der Waals surface area (Å²) in [7, 11) is 0. The molecule has 0 spiro atoms. The number of rotatable bonds is 3. The number of aryl methyl sites for hydroxylation is 1. The maximum absolute atomic E-state index is 13.0. The molecule has 7 heteroatoms. The van der Waals surface area contributed by atoms with Crippen LogP contribution in [0.1, 0.15) is 44.1 Å². The Morgan fingerprint density at radius 1 is 1.19 bits per heavy atom. The molecule has 4 fully saturated rings. The highest BCUT2D eigenvalue weighted by atomic mass is 32.1. The lowest BCUT2D eigenvalue weighted by molar-refractivity contribution is -0.383. The van der Waals surface area contributed by atoms with Crippen molar-refractivity contribution in [2.45, 2.75) is 45.4 Å². The minimum Gasteiger partial charge on any atom is -0.327 e. The van der Waals surface area contributed by atoms with E-state index in [4.69, 9.17) is 12.2 Å². The summed E-state index contributed by atoms with van der Waals surface area (Å²) >= 11 is 5.28. The largest absolute Gasteiger partial charge is 0.327 e. The van der Waals surface area contributed by atoms with Gasteiger partial charge in [0.05, 0.1) is 10.3 Å². The fourth-order valence-electron chi connectivity index (χ4n) is 5.68. The molecule has 0 radical (unpaired) electrons. The monoisotopic (exact) mass is 373 g/mol. The second kappa shape index (κ2) is 6.30. The van der Waals surface area contributed by atoms with Crippen LogP contribution in [0.5, 0.6) is 0 Å². The van der Waals surface area contributed by atoms with Gasteiger partial charge in [-0.05, 0) is 87.1 Å². The molecule has 138 valence electrons. The SMILES string of the molecule is Cc1ccc(NC(=S)NC(=O)C23CC4CC(CC(C4)C2)C3)c([N+](=O)[O-])c1.